The number of nitrogens with one attached hydrogen (secondary N) is 1. The Morgan fingerprint density at radius 3 is 2.67 bits per heavy atom. The van der Waals surface area contributed by atoms with E-state index in [9.17, 15) is 13.2 Å². The minimum atomic E-state index is -4.49. The van der Waals surface area contributed by atoms with Crippen molar-refractivity contribution in [1.29, 1.82) is 0 Å². The van der Waals surface area contributed by atoms with Gasteiger partial charge in [-0.2, -0.15) is 13.2 Å². The summed E-state index contributed by atoms with van der Waals surface area (Å²) in [5.41, 5.74) is 0.775. The second-order valence-corrected chi connectivity index (χ2v) is 5.05. The zero-order valence-electron chi connectivity index (χ0n) is 11.4. The lowest BCUT2D eigenvalue weighted by atomic mass is 10.1. The van der Waals surface area contributed by atoms with Gasteiger partial charge in [-0.05, 0) is 30.7 Å². The van der Waals surface area contributed by atoms with Gasteiger partial charge in [0.15, 0.2) is 0 Å². The van der Waals surface area contributed by atoms with Gasteiger partial charge in [-0.15, -0.1) is 0 Å². The maximum absolute atomic E-state index is 13.0. The standard InChI is InChI=1S/C14H16Cl2F3NO/c1-2-5-20-8-10-3-4-13(21-9-11(16)7-15)12(6-10)14(17,18)19/h3-4,6-7,20H,2,5,8-9H2,1H3. The highest BCUT2D eigenvalue weighted by molar-refractivity contribution is 6.36. The van der Waals surface area contributed by atoms with Gasteiger partial charge in [0, 0.05) is 12.1 Å². The van der Waals surface area contributed by atoms with Gasteiger partial charge in [0.1, 0.15) is 12.4 Å². The SMILES string of the molecule is CCCNCc1ccc(OCC(Cl)=CCl)c(C(F)(F)F)c1. The van der Waals surface area contributed by atoms with Crippen molar-refractivity contribution in [3.05, 3.63) is 39.9 Å². The number of ether oxygens (including phenoxy) is 1. The number of halogens is 5. The van der Waals surface area contributed by atoms with Crippen LogP contribution in [0, 0.1) is 0 Å². The van der Waals surface area contributed by atoms with Crippen LogP contribution in [0.5, 0.6) is 5.75 Å². The van der Waals surface area contributed by atoms with Crippen LogP contribution in [-0.2, 0) is 12.7 Å². The summed E-state index contributed by atoms with van der Waals surface area (Å²) in [6.45, 7) is 2.90. The second-order valence-electron chi connectivity index (χ2n) is 4.35. The minimum Gasteiger partial charge on any atom is -0.487 e. The molecule has 0 aliphatic rings. The molecule has 0 saturated carbocycles. The van der Waals surface area contributed by atoms with Crippen LogP contribution < -0.4 is 10.1 Å². The minimum absolute atomic E-state index is 0.124. The van der Waals surface area contributed by atoms with E-state index in [2.05, 4.69) is 5.32 Å². The number of hydrogen-bond acceptors (Lipinski definition) is 2. The normalized spacial score (nSPS) is 12.6. The topological polar surface area (TPSA) is 21.3 Å². The fraction of sp³-hybridized carbons (Fsp3) is 0.429. The van der Waals surface area contributed by atoms with Gasteiger partial charge >= 0.3 is 6.18 Å². The van der Waals surface area contributed by atoms with Crippen molar-refractivity contribution in [2.75, 3.05) is 13.2 Å². The molecule has 0 radical (unpaired) electrons. The Kier molecular flexibility index (Phi) is 7.35. The first kappa shape index (κ1) is 18.1. The van der Waals surface area contributed by atoms with E-state index in [-0.39, 0.29) is 17.4 Å². The third-order valence-corrected chi connectivity index (χ3v) is 3.18. The molecule has 0 aliphatic heterocycles. The van der Waals surface area contributed by atoms with Crippen molar-refractivity contribution in [2.24, 2.45) is 0 Å². The first-order chi connectivity index (χ1) is 9.88. The maximum Gasteiger partial charge on any atom is 0.419 e. The molecule has 1 N–H and O–H groups in total. The molecule has 0 spiro atoms. The largest absolute Gasteiger partial charge is 0.487 e. The molecule has 0 fully saturated rings. The molecular formula is C14H16Cl2F3NO. The highest BCUT2D eigenvalue weighted by Gasteiger charge is 2.34. The zero-order valence-corrected chi connectivity index (χ0v) is 12.9. The number of hydrogen-bond donors (Lipinski definition) is 1. The van der Waals surface area contributed by atoms with Crippen LogP contribution in [-0.4, -0.2) is 13.2 Å². The monoisotopic (exact) mass is 341 g/mol. The third-order valence-electron chi connectivity index (χ3n) is 2.59. The Hall–Kier alpha value is -0.910. The molecule has 7 heteroatoms. The summed E-state index contributed by atoms with van der Waals surface area (Å²) in [4.78, 5) is 0. The number of benzene rings is 1. The molecule has 0 amide bonds. The van der Waals surface area contributed by atoms with Crippen LogP contribution in [0.15, 0.2) is 28.8 Å². The van der Waals surface area contributed by atoms with E-state index in [0.29, 0.717) is 12.1 Å². The van der Waals surface area contributed by atoms with Crippen LogP contribution in [0.4, 0.5) is 13.2 Å². The quantitative estimate of drug-likeness (QED) is 0.712. The van der Waals surface area contributed by atoms with Crippen molar-refractivity contribution < 1.29 is 17.9 Å². The lowest BCUT2D eigenvalue weighted by molar-refractivity contribution is -0.138. The average molecular weight is 342 g/mol. The fourth-order valence-electron chi connectivity index (χ4n) is 1.62. The molecule has 0 aromatic heterocycles. The Morgan fingerprint density at radius 2 is 2.10 bits per heavy atom. The molecule has 0 heterocycles. The van der Waals surface area contributed by atoms with Crippen LogP contribution in [0.3, 0.4) is 0 Å². The molecule has 1 aromatic carbocycles. The average Bonchev–Trinajstić information content (AvgIpc) is 2.44. The highest BCUT2D eigenvalue weighted by atomic mass is 35.5. The van der Waals surface area contributed by atoms with Gasteiger partial charge in [-0.25, -0.2) is 0 Å². The molecule has 2 nitrogen and oxygen atoms in total. The summed E-state index contributed by atoms with van der Waals surface area (Å²) >= 11 is 11.0. The summed E-state index contributed by atoms with van der Waals surface area (Å²) in [5, 5.41) is 3.18. The Labute approximate surface area is 131 Å². The lowest BCUT2D eigenvalue weighted by Gasteiger charge is -2.15. The molecule has 0 unspecified atom stereocenters. The van der Waals surface area contributed by atoms with Gasteiger partial charge in [0.2, 0.25) is 0 Å². The maximum atomic E-state index is 13.0. The predicted molar refractivity (Wildman–Crippen MR) is 78.7 cm³/mol. The van der Waals surface area contributed by atoms with Crippen molar-refractivity contribution >= 4 is 23.2 Å². The highest BCUT2D eigenvalue weighted by Crippen LogP contribution is 2.37. The van der Waals surface area contributed by atoms with Crippen molar-refractivity contribution in [1.82, 2.24) is 5.32 Å². The van der Waals surface area contributed by atoms with Crippen molar-refractivity contribution in [3.63, 3.8) is 0 Å². The van der Waals surface area contributed by atoms with Gasteiger partial charge in [0.05, 0.1) is 10.6 Å². The van der Waals surface area contributed by atoms with Gasteiger partial charge < -0.3 is 10.1 Å². The molecule has 0 saturated heterocycles. The van der Waals surface area contributed by atoms with Crippen LogP contribution in [0.2, 0.25) is 0 Å². The molecule has 1 rings (SSSR count). The predicted octanol–water partition coefficient (Wildman–Crippen LogP) is 4.90. The number of rotatable bonds is 7. The Morgan fingerprint density at radius 1 is 1.38 bits per heavy atom. The summed E-state index contributed by atoms with van der Waals surface area (Å²) in [6.07, 6.45) is -3.58. The molecule has 1 aromatic rings. The Balaban J connectivity index is 2.92. The summed E-state index contributed by atoms with van der Waals surface area (Å²) < 4.78 is 44.2. The molecule has 118 valence electrons. The van der Waals surface area contributed by atoms with E-state index in [4.69, 9.17) is 27.9 Å². The molecule has 0 atom stereocenters. The fourth-order valence-corrected chi connectivity index (χ4v) is 1.74. The first-order valence-electron chi connectivity index (χ1n) is 6.36. The van der Waals surface area contributed by atoms with Crippen molar-refractivity contribution in [2.45, 2.75) is 26.1 Å². The lowest BCUT2D eigenvalue weighted by Crippen LogP contribution is -2.15. The smallest absolute Gasteiger partial charge is 0.419 e. The van der Waals surface area contributed by atoms with Gasteiger partial charge in [-0.1, -0.05) is 36.2 Å². The van der Waals surface area contributed by atoms with Crippen LogP contribution in [0.1, 0.15) is 24.5 Å². The number of alkyl halides is 3. The van der Waals surface area contributed by atoms with E-state index in [1.54, 1.807) is 6.07 Å². The summed E-state index contributed by atoms with van der Waals surface area (Å²) in [7, 11) is 0. The van der Waals surface area contributed by atoms with E-state index in [0.717, 1.165) is 24.6 Å². The van der Waals surface area contributed by atoms with Gasteiger partial charge in [-0.3, -0.25) is 0 Å². The summed E-state index contributed by atoms with van der Waals surface area (Å²) in [5.74, 6) is -0.265. The second kappa shape index (κ2) is 8.51. The van der Waals surface area contributed by atoms with E-state index < -0.39 is 11.7 Å². The summed E-state index contributed by atoms with van der Waals surface area (Å²) in [6, 6.07) is 3.96. The molecular weight excluding hydrogens is 326 g/mol. The van der Waals surface area contributed by atoms with E-state index in [1.807, 2.05) is 6.92 Å². The molecule has 0 bridgehead atoms. The van der Waals surface area contributed by atoms with Crippen LogP contribution in [0.25, 0.3) is 0 Å². The molecule has 21 heavy (non-hydrogen) atoms. The molecule has 0 aliphatic carbocycles. The third kappa shape index (κ3) is 6.16. The van der Waals surface area contributed by atoms with Crippen molar-refractivity contribution in [3.8, 4) is 5.75 Å². The van der Waals surface area contributed by atoms with E-state index in [1.165, 1.54) is 6.07 Å². The zero-order chi connectivity index (χ0) is 15.9. The van der Waals surface area contributed by atoms with E-state index >= 15 is 0 Å². The van der Waals surface area contributed by atoms with Gasteiger partial charge in [0.25, 0.3) is 0 Å². The first-order valence-corrected chi connectivity index (χ1v) is 7.18. The van der Waals surface area contributed by atoms with Crippen LogP contribution >= 0.6 is 23.2 Å². The Bertz CT molecular complexity index is 490.